The molecule has 0 radical (unpaired) electrons. The Morgan fingerprint density at radius 1 is 1.60 bits per heavy atom. The lowest BCUT2D eigenvalue weighted by Gasteiger charge is -2.11. The summed E-state index contributed by atoms with van der Waals surface area (Å²) in [5, 5.41) is 3.56. The third kappa shape index (κ3) is 3.88. The lowest BCUT2D eigenvalue weighted by atomic mass is 10.3. The first-order valence-corrected chi connectivity index (χ1v) is 7.23. The summed E-state index contributed by atoms with van der Waals surface area (Å²) in [6.07, 6.45) is 0. The first-order chi connectivity index (χ1) is 9.58. The van der Waals surface area contributed by atoms with Gasteiger partial charge in [-0.1, -0.05) is 11.8 Å². The summed E-state index contributed by atoms with van der Waals surface area (Å²) >= 11 is 1.36. The van der Waals surface area contributed by atoms with Crippen LogP contribution in [0.25, 0.3) is 11.0 Å². The van der Waals surface area contributed by atoms with Crippen LogP contribution in [-0.4, -0.2) is 41.4 Å². The van der Waals surface area contributed by atoms with Gasteiger partial charge in [-0.2, -0.15) is 0 Å². The quantitative estimate of drug-likeness (QED) is 0.553. The predicted octanol–water partition coefficient (Wildman–Crippen LogP) is 1.39. The van der Waals surface area contributed by atoms with E-state index in [1.165, 1.54) is 11.8 Å². The Morgan fingerprint density at radius 2 is 2.40 bits per heavy atom. The van der Waals surface area contributed by atoms with Gasteiger partial charge in [-0.05, 0) is 25.1 Å². The number of nitrogens with one attached hydrogen (secondary N) is 2. The Kier molecular flexibility index (Phi) is 4.86. The van der Waals surface area contributed by atoms with Crippen molar-refractivity contribution < 1.29 is 9.53 Å². The number of amides is 1. The summed E-state index contributed by atoms with van der Waals surface area (Å²) in [5.74, 6) is 0.267. The number of benzene rings is 1. The number of aromatic amines is 1. The highest BCUT2D eigenvalue weighted by atomic mass is 32.2. The van der Waals surface area contributed by atoms with E-state index in [1.54, 1.807) is 13.2 Å². The molecule has 0 aliphatic heterocycles. The molecule has 6 nitrogen and oxygen atoms in total. The van der Waals surface area contributed by atoms with Crippen molar-refractivity contribution in [1.29, 1.82) is 0 Å². The second-order valence-electron chi connectivity index (χ2n) is 4.53. The predicted molar refractivity (Wildman–Crippen MR) is 80.7 cm³/mol. The number of anilines is 1. The number of nitrogen functional groups attached to an aromatic ring is 1. The van der Waals surface area contributed by atoms with Gasteiger partial charge in [-0.15, -0.1) is 0 Å². The molecule has 0 aliphatic rings. The number of aromatic nitrogens is 2. The summed E-state index contributed by atoms with van der Waals surface area (Å²) in [7, 11) is 1.61. The van der Waals surface area contributed by atoms with Crippen LogP contribution < -0.4 is 11.1 Å². The number of hydrogen-bond donors (Lipinski definition) is 3. The van der Waals surface area contributed by atoms with Crippen LogP contribution in [-0.2, 0) is 9.53 Å². The Morgan fingerprint density at radius 3 is 3.15 bits per heavy atom. The normalized spacial score (nSPS) is 12.5. The largest absolute Gasteiger partial charge is 0.399 e. The molecular weight excluding hydrogens is 276 g/mol. The van der Waals surface area contributed by atoms with Gasteiger partial charge in [-0.3, -0.25) is 4.79 Å². The second-order valence-corrected chi connectivity index (χ2v) is 5.50. The van der Waals surface area contributed by atoms with Crippen LogP contribution in [0.3, 0.4) is 0 Å². The first-order valence-electron chi connectivity index (χ1n) is 6.25. The number of methoxy groups -OCH3 is 1. The van der Waals surface area contributed by atoms with Crippen LogP contribution in [0.5, 0.6) is 0 Å². The van der Waals surface area contributed by atoms with E-state index in [4.69, 9.17) is 10.5 Å². The van der Waals surface area contributed by atoms with Gasteiger partial charge < -0.3 is 20.8 Å². The maximum Gasteiger partial charge on any atom is 0.230 e. The number of ether oxygens (including phenoxy) is 1. The van der Waals surface area contributed by atoms with Crippen LogP contribution in [0.15, 0.2) is 23.4 Å². The number of hydrogen-bond acceptors (Lipinski definition) is 5. The molecule has 4 N–H and O–H groups in total. The van der Waals surface area contributed by atoms with Crippen molar-refractivity contribution in [3.63, 3.8) is 0 Å². The number of imidazole rings is 1. The van der Waals surface area contributed by atoms with E-state index in [0.29, 0.717) is 23.2 Å². The highest BCUT2D eigenvalue weighted by Crippen LogP contribution is 2.20. The van der Waals surface area contributed by atoms with Gasteiger partial charge in [0.15, 0.2) is 5.16 Å². The van der Waals surface area contributed by atoms with Crippen molar-refractivity contribution in [1.82, 2.24) is 15.3 Å². The second kappa shape index (κ2) is 6.62. The molecule has 1 aromatic carbocycles. The maximum absolute atomic E-state index is 11.7. The van der Waals surface area contributed by atoms with Crippen LogP contribution in [0, 0.1) is 0 Å². The van der Waals surface area contributed by atoms with E-state index >= 15 is 0 Å². The van der Waals surface area contributed by atoms with Gasteiger partial charge in [0.05, 0.1) is 23.4 Å². The van der Waals surface area contributed by atoms with Crippen molar-refractivity contribution in [2.45, 2.75) is 18.1 Å². The zero-order valence-electron chi connectivity index (χ0n) is 11.5. The Labute approximate surface area is 121 Å². The molecule has 0 saturated heterocycles. The van der Waals surface area contributed by atoms with Gasteiger partial charge in [0.2, 0.25) is 5.91 Å². The summed E-state index contributed by atoms with van der Waals surface area (Å²) < 4.78 is 4.97. The molecule has 0 saturated carbocycles. The molecule has 20 heavy (non-hydrogen) atoms. The minimum atomic E-state index is -0.0421. The number of thioether (sulfide) groups is 1. The Bertz CT molecular complexity index is 599. The SMILES string of the molecule is COCC(C)NC(=O)CSc1nc2ccc(N)cc2[nH]1. The number of fused-ring (bicyclic) bond motifs is 1. The van der Waals surface area contributed by atoms with Gasteiger partial charge in [-0.25, -0.2) is 4.98 Å². The first kappa shape index (κ1) is 14.7. The van der Waals surface area contributed by atoms with E-state index in [9.17, 15) is 4.79 Å². The van der Waals surface area contributed by atoms with Crippen molar-refractivity contribution in [2.75, 3.05) is 25.2 Å². The number of H-pyrrole nitrogens is 1. The fourth-order valence-corrected chi connectivity index (χ4v) is 2.51. The molecule has 1 heterocycles. The molecule has 1 aromatic heterocycles. The van der Waals surface area contributed by atoms with Crippen LogP contribution in [0.4, 0.5) is 5.69 Å². The monoisotopic (exact) mass is 294 g/mol. The molecule has 1 amide bonds. The molecule has 108 valence electrons. The number of nitrogens with zero attached hydrogens (tertiary/aromatic N) is 1. The molecule has 1 unspecified atom stereocenters. The summed E-state index contributed by atoms with van der Waals surface area (Å²) in [5.41, 5.74) is 8.11. The smallest absolute Gasteiger partial charge is 0.230 e. The molecule has 2 aromatic rings. The number of rotatable bonds is 6. The van der Waals surface area contributed by atoms with Crippen LogP contribution in [0.2, 0.25) is 0 Å². The molecule has 1 atom stereocenters. The van der Waals surface area contributed by atoms with Crippen LogP contribution in [0.1, 0.15) is 6.92 Å². The molecular formula is C13H18N4O2S. The van der Waals surface area contributed by atoms with Crippen molar-refractivity contribution in [3.05, 3.63) is 18.2 Å². The van der Waals surface area contributed by atoms with E-state index in [2.05, 4.69) is 15.3 Å². The summed E-state index contributed by atoms with van der Waals surface area (Å²) in [4.78, 5) is 19.2. The van der Waals surface area contributed by atoms with E-state index in [1.807, 2.05) is 19.1 Å². The maximum atomic E-state index is 11.7. The lowest BCUT2D eigenvalue weighted by molar-refractivity contribution is -0.119. The lowest BCUT2D eigenvalue weighted by Crippen LogP contribution is -2.36. The molecule has 0 bridgehead atoms. The number of carbonyl (C=O) groups is 1. The van der Waals surface area contributed by atoms with Gasteiger partial charge >= 0.3 is 0 Å². The number of carbonyl (C=O) groups excluding carboxylic acids is 1. The molecule has 7 heteroatoms. The molecule has 2 rings (SSSR count). The summed E-state index contributed by atoms with van der Waals surface area (Å²) in [6.45, 7) is 2.40. The molecule has 0 aliphatic carbocycles. The fourth-order valence-electron chi connectivity index (χ4n) is 1.81. The minimum Gasteiger partial charge on any atom is -0.399 e. The van der Waals surface area contributed by atoms with E-state index < -0.39 is 0 Å². The third-order valence-electron chi connectivity index (χ3n) is 2.65. The Balaban J connectivity index is 1.90. The minimum absolute atomic E-state index is 0.00331. The average molecular weight is 294 g/mol. The highest BCUT2D eigenvalue weighted by molar-refractivity contribution is 7.99. The van der Waals surface area contributed by atoms with Gasteiger partial charge in [0.25, 0.3) is 0 Å². The standard InChI is InChI=1S/C13H18N4O2S/c1-8(6-19-2)15-12(18)7-20-13-16-10-4-3-9(14)5-11(10)17-13/h3-5,8H,6-7,14H2,1-2H3,(H,15,18)(H,16,17). The van der Waals surface area contributed by atoms with Crippen LogP contribution >= 0.6 is 11.8 Å². The van der Waals surface area contributed by atoms with E-state index in [-0.39, 0.29) is 11.9 Å². The fraction of sp³-hybridized carbons (Fsp3) is 0.385. The Hall–Kier alpha value is -1.73. The van der Waals surface area contributed by atoms with E-state index in [0.717, 1.165) is 11.0 Å². The number of nitrogens with two attached hydrogens (primary N) is 1. The zero-order chi connectivity index (χ0) is 14.5. The van der Waals surface area contributed by atoms with Gasteiger partial charge in [0.1, 0.15) is 0 Å². The van der Waals surface area contributed by atoms with Crippen molar-refractivity contribution in [2.24, 2.45) is 0 Å². The average Bonchev–Trinajstić information content (AvgIpc) is 2.78. The molecule has 0 fully saturated rings. The van der Waals surface area contributed by atoms with Gasteiger partial charge in [0, 0.05) is 18.8 Å². The van der Waals surface area contributed by atoms with Crippen molar-refractivity contribution in [3.8, 4) is 0 Å². The zero-order valence-corrected chi connectivity index (χ0v) is 12.3. The highest BCUT2D eigenvalue weighted by Gasteiger charge is 2.09. The molecule has 0 spiro atoms. The topological polar surface area (TPSA) is 93.0 Å². The summed E-state index contributed by atoms with van der Waals surface area (Å²) in [6, 6.07) is 5.49. The third-order valence-corrected chi connectivity index (χ3v) is 3.52. The van der Waals surface area contributed by atoms with Crippen molar-refractivity contribution >= 4 is 34.4 Å².